The van der Waals surface area contributed by atoms with Crippen LogP contribution in [0.5, 0.6) is 11.5 Å². The molecule has 27 heavy (non-hydrogen) atoms. The smallest absolute Gasteiger partial charge is 0.319 e. The van der Waals surface area contributed by atoms with Gasteiger partial charge in [-0.1, -0.05) is 12.1 Å². The number of benzene rings is 2. The van der Waals surface area contributed by atoms with Gasteiger partial charge in [-0.15, -0.1) is 0 Å². The minimum Gasteiger partial charge on any atom is -0.497 e. The maximum absolute atomic E-state index is 12.3. The number of rotatable bonds is 7. The number of carbonyl (C=O) groups excluding carboxylic acids is 2. The number of carbonyl (C=O) groups is 2. The van der Waals surface area contributed by atoms with Crippen molar-refractivity contribution in [3.8, 4) is 11.5 Å². The third-order valence-electron chi connectivity index (χ3n) is 3.93. The SMILES string of the molecule is COc1ccc(OC)c(C(C)NC(=O)Nc2ccc(CNC(N)=O)cc2)c1. The zero-order valence-electron chi connectivity index (χ0n) is 15.5. The molecule has 0 saturated heterocycles. The quantitative estimate of drug-likeness (QED) is 0.598. The number of nitrogens with one attached hydrogen (secondary N) is 3. The van der Waals surface area contributed by atoms with Gasteiger partial charge in [-0.25, -0.2) is 9.59 Å². The van der Waals surface area contributed by atoms with Crippen LogP contribution in [-0.2, 0) is 6.54 Å². The largest absolute Gasteiger partial charge is 0.497 e. The van der Waals surface area contributed by atoms with Gasteiger partial charge in [-0.05, 0) is 42.8 Å². The molecular weight excluding hydrogens is 348 g/mol. The minimum atomic E-state index is -0.585. The predicted octanol–water partition coefficient (Wildman–Crippen LogP) is 2.75. The molecule has 144 valence electrons. The number of nitrogens with two attached hydrogens (primary N) is 1. The third-order valence-corrected chi connectivity index (χ3v) is 3.93. The maximum Gasteiger partial charge on any atom is 0.319 e. The normalized spacial score (nSPS) is 11.2. The molecule has 0 fully saturated rings. The summed E-state index contributed by atoms with van der Waals surface area (Å²) in [5.74, 6) is 1.34. The van der Waals surface area contributed by atoms with E-state index in [1.165, 1.54) is 0 Å². The van der Waals surface area contributed by atoms with Crippen molar-refractivity contribution in [1.29, 1.82) is 0 Å². The van der Waals surface area contributed by atoms with Crippen molar-refractivity contribution in [1.82, 2.24) is 10.6 Å². The summed E-state index contributed by atoms with van der Waals surface area (Å²) < 4.78 is 10.6. The van der Waals surface area contributed by atoms with Gasteiger partial charge in [0.2, 0.25) is 0 Å². The Bertz CT molecular complexity index is 793. The molecule has 2 aromatic carbocycles. The molecule has 0 saturated carbocycles. The summed E-state index contributed by atoms with van der Waals surface area (Å²) in [6.45, 7) is 2.18. The summed E-state index contributed by atoms with van der Waals surface area (Å²) in [6.07, 6.45) is 0. The Kier molecular flexibility index (Phi) is 6.87. The number of anilines is 1. The summed E-state index contributed by atoms with van der Waals surface area (Å²) in [5.41, 5.74) is 7.34. The van der Waals surface area contributed by atoms with Gasteiger partial charge in [0.1, 0.15) is 11.5 Å². The number of ether oxygens (including phenoxy) is 2. The van der Waals surface area contributed by atoms with Crippen molar-refractivity contribution < 1.29 is 19.1 Å². The van der Waals surface area contributed by atoms with Crippen LogP contribution in [0.3, 0.4) is 0 Å². The Balaban J connectivity index is 1.98. The zero-order valence-corrected chi connectivity index (χ0v) is 15.5. The highest BCUT2D eigenvalue weighted by molar-refractivity contribution is 5.89. The summed E-state index contributed by atoms with van der Waals surface area (Å²) in [4.78, 5) is 23.0. The molecule has 0 aromatic heterocycles. The number of urea groups is 2. The Morgan fingerprint density at radius 1 is 1.07 bits per heavy atom. The lowest BCUT2D eigenvalue weighted by Crippen LogP contribution is -2.31. The molecule has 2 aromatic rings. The topological polar surface area (TPSA) is 115 Å². The second-order valence-corrected chi connectivity index (χ2v) is 5.84. The van der Waals surface area contributed by atoms with E-state index in [0.717, 1.165) is 11.1 Å². The van der Waals surface area contributed by atoms with Crippen molar-refractivity contribution >= 4 is 17.7 Å². The molecule has 8 heteroatoms. The van der Waals surface area contributed by atoms with Gasteiger partial charge in [-0.3, -0.25) is 0 Å². The highest BCUT2D eigenvalue weighted by Crippen LogP contribution is 2.29. The summed E-state index contributed by atoms with van der Waals surface area (Å²) in [6, 6.07) is 11.3. The lowest BCUT2D eigenvalue weighted by molar-refractivity contribution is 0.248. The minimum absolute atomic E-state index is 0.297. The van der Waals surface area contributed by atoms with Crippen molar-refractivity contribution in [2.45, 2.75) is 19.5 Å². The van der Waals surface area contributed by atoms with Crippen molar-refractivity contribution in [3.05, 3.63) is 53.6 Å². The average molecular weight is 372 g/mol. The van der Waals surface area contributed by atoms with Crippen LogP contribution in [0.1, 0.15) is 24.1 Å². The Morgan fingerprint density at radius 3 is 2.37 bits per heavy atom. The van der Waals surface area contributed by atoms with Crippen LogP contribution in [0.2, 0.25) is 0 Å². The molecule has 0 bridgehead atoms. The number of hydrogen-bond donors (Lipinski definition) is 4. The molecule has 1 atom stereocenters. The van der Waals surface area contributed by atoms with E-state index >= 15 is 0 Å². The van der Waals surface area contributed by atoms with Crippen molar-refractivity contribution in [2.24, 2.45) is 5.73 Å². The molecule has 0 heterocycles. The average Bonchev–Trinajstić information content (AvgIpc) is 2.66. The van der Waals surface area contributed by atoms with E-state index < -0.39 is 6.03 Å². The number of methoxy groups -OCH3 is 2. The van der Waals surface area contributed by atoms with Crippen LogP contribution in [0.25, 0.3) is 0 Å². The van der Waals surface area contributed by atoms with Gasteiger partial charge in [-0.2, -0.15) is 0 Å². The number of amides is 4. The monoisotopic (exact) mass is 372 g/mol. The molecule has 0 aliphatic heterocycles. The van der Waals surface area contributed by atoms with Crippen LogP contribution in [-0.4, -0.2) is 26.3 Å². The highest BCUT2D eigenvalue weighted by Gasteiger charge is 2.15. The first-order valence-corrected chi connectivity index (χ1v) is 8.34. The van der Waals surface area contributed by atoms with E-state index in [0.29, 0.717) is 23.7 Å². The lowest BCUT2D eigenvalue weighted by Gasteiger charge is -2.18. The fraction of sp³-hybridized carbons (Fsp3) is 0.263. The first-order valence-electron chi connectivity index (χ1n) is 8.34. The second kappa shape index (κ2) is 9.33. The van der Waals surface area contributed by atoms with E-state index in [1.807, 2.05) is 13.0 Å². The lowest BCUT2D eigenvalue weighted by atomic mass is 10.1. The van der Waals surface area contributed by atoms with Crippen LogP contribution in [0.4, 0.5) is 15.3 Å². The molecule has 5 N–H and O–H groups in total. The van der Waals surface area contributed by atoms with Gasteiger partial charge in [0.15, 0.2) is 0 Å². The molecule has 2 rings (SSSR count). The van der Waals surface area contributed by atoms with Gasteiger partial charge in [0.05, 0.1) is 20.3 Å². The van der Waals surface area contributed by atoms with E-state index in [4.69, 9.17) is 15.2 Å². The molecule has 4 amide bonds. The molecular formula is C19H24N4O4. The fourth-order valence-corrected chi connectivity index (χ4v) is 2.51. The van der Waals surface area contributed by atoms with E-state index in [1.54, 1.807) is 50.6 Å². The first kappa shape index (κ1) is 19.9. The summed E-state index contributed by atoms with van der Waals surface area (Å²) >= 11 is 0. The van der Waals surface area contributed by atoms with Gasteiger partial charge < -0.3 is 31.2 Å². The van der Waals surface area contributed by atoms with E-state index in [2.05, 4.69) is 16.0 Å². The van der Waals surface area contributed by atoms with E-state index in [9.17, 15) is 9.59 Å². The van der Waals surface area contributed by atoms with Crippen LogP contribution in [0, 0.1) is 0 Å². The molecule has 0 radical (unpaired) electrons. The van der Waals surface area contributed by atoms with Crippen LogP contribution < -0.4 is 31.2 Å². The van der Waals surface area contributed by atoms with Gasteiger partial charge in [0.25, 0.3) is 0 Å². The molecule has 0 spiro atoms. The van der Waals surface area contributed by atoms with E-state index in [-0.39, 0.29) is 12.1 Å². The van der Waals surface area contributed by atoms with Crippen LogP contribution >= 0.6 is 0 Å². The van der Waals surface area contributed by atoms with Gasteiger partial charge >= 0.3 is 12.1 Å². The Labute approximate surface area is 158 Å². The van der Waals surface area contributed by atoms with Crippen LogP contribution in [0.15, 0.2) is 42.5 Å². The second-order valence-electron chi connectivity index (χ2n) is 5.84. The highest BCUT2D eigenvalue weighted by atomic mass is 16.5. The first-order chi connectivity index (χ1) is 12.9. The standard InChI is InChI=1S/C19H24N4O4/c1-12(16-10-15(26-2)8-9-17(16)27-3)22-19(25)23-14-6-4-13(5-7-14)11-21-18(20)24/h4-10,12H,11H2,1-3H3,(H3,20,21,24)(H2,22,23,25). The molecule has 0 aliphatic carbocycles. The molecule has 8 nitrogen and oxygen atoms in total. The van der Waals surface area contributed by atoms with Gasteiger partial charge in [0, 0.05) is 17.8 Å². The number of hydrogen-bond acceptors (Lipinski definition) is 4. The molecule has 1 unspecified atom stereocenters. The Hall–Kier alpha value is -3.42. The Morgan fingerprint density at radius 2 is 1.78 bits per heavy atom. The predicted molar refractivity (Wildman–Crippen MR) is 103 cm³/mol. The zero-order chi connectivity index (χ0) is 19.8. The fourth-order valence-electron chi connectivity index (χ4n) is 2.51. The third kappa shape index (κ3) is 5.81. The molecule has 0 aliphatic rings. The summed E-state index contributed by atoms with van der Waals surface area (Å²) in [5, 5.41) is 8.14. The number of primary amides is 1. The van der Waals surface area contributed by atoms with Crippen molar-refractivity contribution in [3.63, 3.8) is 0 Å². The summed E-state index contributed by atoms with van der Waals surface area (Å²) in [7, 11) is 3.16. The van der Waals surface area contributed by atoms with Crippen molar-refractivity contribution in [2.75, 3.05) is 19.5 Å². The maximum atomic E-state index is 12.3.